The number of rotatable bonds is 0. The van der Waals surface area contributed by atoms with Gasteiger partial charge in [-0.05, 0) is 19.1 Å². The first kappa shape index (κ1) is 16.2. The minimum Gasteiger partial charge on any atom is -0.450 e. The van der Waals surface area contributed by atoms with Crippen molar-refractivity contribution in [3.63, 3.8) is 0 Å². The number of nitrogens with zero attached hydrogens (tertiary/aromatic N) is 2. The Hall–Kier alpha value is -2.89. The van der Waals surface area contributed by atoms with E-state index in [0.29, 0.717) is 0 Å². The van der Waals surface area contributed by atoms with E-state index in [-0.39, 0.29) is 0 Å². The number of imidazole rings is 1. The van der Waals surface area contributed by atoms with Crippen molar-refractivity contribution in [1.82, 2.24) is 15.0 Å². The average Bonchev–Trinajstić information content (AvgIpc) is 3.00. The van der Waals surface area contributed by atoms with Crippen molar-refractivity contribution in [2.24, 2.45) is 0 Å². The van der Waals surface area contributed by atoms with E-state index in [4.69, 9.17) is 9.90 Å². The van der Waals surface area contributed by atoms with E-state index in [1.165, 1.54) is 5.39 Å². The van der Waals surface area contributed by atoms with Gasteiger partial charge in [0.2, 0.25) is 0 Å². The fourth-order valence-corrected chi connectivity index (χ4v) is 1.36. The molecule has 0 radical (unpaired) electrons. The molecule has 3 aromatic rings. The van der Waals surface area contributed by atoms with E-state index in [9.17, 15) is 0 Å². The van der Waals surface area contributed by atoms with Crippen molar-refractivity contribution in [2.45, 2.75) is 6.92 Å². The molecule has 0 aliphatic carbocycles. The van der Waals surface area contributed by atoms with Crippen LogP contribution in [-0.4, -0.2) is 33.3 Å². The molecule has 2 heterocycles. The summed E-state index contributed by atoms with van der Waals surface area (Å²) in [7, 11) is 1.10. The van der Waals surface area contributed by atoms with Gasteiger partial charge in [0, 0.05) is 24.0 Å². The molecule has 0 aliphatic heterocycles. The first-order chi connectivity index (χ1) is 10.1. The summed E-state index contributed by atoms with van der Waals surface area (Å²) in [6, 6.07) is 12.1. The molecule has 6 heteroatoms. The molecule has 0 aliphatic rings. The quantitative estimate of drug-likeness (QED) is 0.619. The number of methoxy groups -OCH3 is 1. The molecule has 2 aromatic heterocycles. The number of aromatic amines is 1. The number of H-pyrrole nitrogens is 1. The molecule has 1 aromatic carbocycles. The zero-order valence-electron chi connectivity index (χ0n) is 11.9. The number of hydrogen-bond donors (Lipinski definition) is 2. The number of benzene rings is 1. The molecule has 0 fully saturated rings. The summed E-state index contributed by atoms with van der Waals surface area (Å²) in [5.41, 5.74) is 1.06. The highest BCUT2D eigenvalue weighted by Gasteiger charge is 1.86. The van der Waals surface area contributed by atoms with Crippen LogP contribution in [-0.2, 0) is 4.74 Å². The molecule has 2 N–H and O–H groups in total. The van der Waals surface area contributed by atoms with Gasteiger partial charge in [0.15, 0.2) is 0 Å². The van der Waals surface area contributed by atoms with E-state index in [1.807, 2.05) is 37.4 Å². The summed E-state index contributed by atoms with van der Waals surface area (Å²) in [5, 5.41) is 8.70. The Morgan fingerprint density at radius 3 is 2.29 bits per heavy atom. The Bertz CT molecular complexity index is 589. The van der Waals surface area contributed by atoms with Gasteiger partial charge in [-0.3, -0.25) is 4.98 Å². The number of fused-ring (bicyclic) bond motifs is 1. The van der Waals surface area contributed by atoms with E-state index in [1.54, 1.807) is 12.4 Å². The summed E-state index contributed by atoms with van der Waals surface area (Å²) in [4.78, 5) is 20.1. The summed E-state index contributed by atoms with van der Waals surface area (Å²) in [6.45, 7) is 1.92. The topological polar surface area (TPSA) is 88.1 Å². The largest absolute Gasteiger partial charge is 0.505 e. The maximum absolute atomic E-state index is 9.15. The second-order valence-electron chi connectivity index (χ2n) is 3.84. The summed E-state index contributed by atoms with van der Waals surface area (Å²) >= 11 is 0. The molecular formula is C15H17N3O3. The van der Waals surface area contributed by atoms with Crippen molar-refractivity contribution < 1.29 is 14.6 Å². The van der Waals surface area contributed by atoms with Crippen LogP contribution in [0.25, 0.3) is 10.9 Å². The SMILES string of the molecule is COC(=O)O.Cc1ncc[nH]1.c1ccc2ncccc2c1. The van der Waals surface area contributed by atoms with Gasteiger partial charge in [0.05, 0.1) is 12.6 Å². The van der Waals surface area contributed by atoms with Crippen molar-refractivity contribution in [2.75, 3.05) is 7.11 Å². The van der Waals surface area contributed by atoms with Crippen molar-refractivity contribution in [3.8, 4) is 0 Å². The number of aromatic nitrogens is 3. The zero-order valence-corrected chi connectivity index (χ0v) is 11.9. The van der Waals surface area contributed by atoms with Crippen LogP contribution < -0.4 is 0 Å². The van der Waals surface area contributed by atoms with Crippen LogP contribution in [0.2, 0.25) is 0 Å². The predicted octanol–water partition coefficient (Wildman–Crippen LogP) is 3.26. The van der Waals surface area contributed by atoms with E-state index in [2.05, 4.69) is 31.8 Å². The molecule has 3 rings (SSSR count). The second-order valence-corrected chi connectivity index (χ2v) is 3.84. The number of pyridine rings is 1. The van der Waals surface area contributed by atoms with Crippen LogP contribution in [0.3, 0.4) is 0 Å². The number of hydrogen-bond acceptors (Lipinski definition) is 4. The normalized spacial score (nSPS) is 8.86. The summed E-state index contributed by atoms with van der Waals surface area (Å²) in [5.74, 6) is 0.968. The van der Waals surface area contributed by atoms with E-state index < -0.39 is 6.16 Å². The Balaban J connectivity index is 0.000000173. The third kappa shape index (κ3) is 6.72. The summed E-state index contributed by atoms with van der Waals surface area (Å²) < 4.78 is 3.67. The maximum atomic E-state index is 9.15. The Labute approximate surface area is 122 Å². The smallest absolute Gasteiger partial charge is 0.450 e. The third-order valence-electron chi connectivity index (χ3n) is 2.32. The molecule has 0 atom stereocenters. The lowest BCUT2D eigenvalue weighted by Gasteiger charge is -1.91. The minimum absolute atomic E-state index is 0.968. The lowest BCUT2D eigenvalue weighted by molar-refractivity contribution is 0.114. The molecule has 0 spiro atoms. The Morgan fingerprint density at radius 2 is 1.81 bits per heavy atom. The first-order valence-corrected chi connectivity index (χ1v) is 6.16. The standard InChI is InChI=1S/C9H7N.C4H6N2.C2H4O3/c1-2-6-9-8(4-1)5-3-7-10-9;1-4-5-2-3-6-4;1-5-2(3)4/h1-7H;2-3H,1H3,(H,5,6);1H3,(H,3,4). The van der Waals surface area contributed by atoms with Gasteiger partial charge in [0.25, 0.3) is 0 Å². The monoisotopic (exact) mass is 287 g/mol. The van der Waals surface area contributed by atoms with Crippen molar-refractivity contribution >= 4 is 17.1 Å². The van der Waals surface area contributed by atoms with Crippen molar-refractivity contribution in [3.05, 3.63) is 60.8 Å². The van der Waals surface area contributed by atoms with Crippen LogP contribution in [0, 0.1) is 6.92 Å². The van der Waals surface area contributed by atoms with Gasteiger partial charge in [-0.25, -0.2) is 9.78 Å². The number of carboxylic acid groups (broad SMARTS) is 1. The maximum Gasteiger partial charge on any atom is 0.505 e. The molecule has 110 valence electrons. The highest BCUT2D eigenvalue weighted by atomic mass is 16.6. The first-order valence-electron chi connectivity index (χ1n) is 6.16. The van der Waals surface area contributed by atoms with Crippen LogP contribution in [0.5, 0.6) is 0 Å². The van der Waals surface area contributed by atoms with Crippen LogP contribution >= 0.6 is 0 Å². The van der Waals surface area contributed by atoms with E-state index >= 15 is 0 Å². The average molecular weight is 287 g/mol. The van der Waals surface area contributed by atoms with Gasteiger partial charge < -0.3 is 14.8 Å². The number of para-hydroxylation sites is 1. The molecule has 6 nitrogen and oxygen atoms in total. The molecule has 0 bridgehead atoms. The minimum atomic E-state index is -1.25. The number of ether oxygens (including phenoxy) is 1. The zero-order chi connectivity index (χ0) is 15.5. The summed E-state index contributed by atoms with van der Waals surface area (Å²) in [6.07, 6.45) is 4.09. The third-order valence-corrected chi connectivity index (χ3v) is 2.32. The molecule has 0 unspecified atom stereocenters. The van der Waals surface area contributed by atoms with Gasteiger partial charge in [-0.2, -0.15) is 0 Å². The van der Waals surface area contributed by atoms with Gasteiger partial charge in [-0.15, -0.1) is 0 Å². The van der Waals surface area contributed by atoms with Crippen LogP contribution in [0.1, 0.15) is 5.82 Å². The fraction of sp³-hybridized carbons (Fsp3) is 0.133. The molecular weight excluding hydrogens is 270 g/mol. The molecule has 21 heavy (non-hydrogen) atoms. The van der Waals surface area contributed by atoms with Gasteiger partial charge in [-0.1, -0.05) is 24.3 Å². The van der Waals surface area contributed by atoms with Crippen LogP contribution in [0.15, 0.2) is 55.0 Å². The van der Waals surface area contributed by atoms with Gasteiger partial charge in [0.1, 0.15) is 5.82 Å². The van der Waals surface area contributed by atoms with Gasteiger partial charge >= 0.3 is 6.16 Å². The highest BCUT2D eigenvalue weighted by Crippen LogP contribution is 2.07. The lowest BCUT2D eigenvalue weighted by Crippen LogP contribution is -1.91. The molecule has 0 saturated carbocycles. The van der Waals surface area contributed by atoms with Crippen molar-refractivity contribution in [1.29, 1.82) is 0 Å². The second kappa shape index (κ2) is 9.08. The van der Waals surface area contributed by atoms with E-state index in [0.717, 1.165) is 18.5 Å². The number of aryl methyl sites for hydroxylation is 1. The number of carbonyl (C=O) groups is 1. The highest BCUT2D eigenvalue weighted by molar-refractivity contribution is 5.77. The lowest BCUT2D eigenvalue weighted by atomic mass is 10.2. The molecule has 0 amide bonds. The Kier molecular flexibility index (Phi) is 6.99. The number of nitrogens with one attached hydrogen (secondary N) is 1. The van der Waals surface area contributed by atoms with Crippen LogP contribution in [0.4, 0.5) is 4.79 Å². The predicted molar refractivity (Wildman–Crippen MR) is 80.1 cm³/mol. The molecule has 0 saturated heterocycles. The fourth-order valence-electron chi connectivity index (χ4n) is 1.36. The Morgan fingerprint density at radius 1 is 1.14 bits per heavy atom.